The average Bonchev–Trinajstić information content (AvgIpc) is 3.02. The lowest BCUT2D eigenvalue weighted by molar-refractivity contribution is 0.102. The first kappa shape index (κ1) is 12.9. The minimum atomic E-state index is -0.462. The van der Waals surface area contributed by atoms with E-state index in [1.54, 1.807) is 35.3 Å². The number of para-hydroxylation sites is 2. The van der Waals surface area contributed by atoms with Crippen LogP contribution < -0.4 is 10.7 Å². The van der Waals surface area contributed by atoms with Crippen molar-refractivity contribution < 1.29 is 4.79 Å². The summed E-state index contributed by atoms with van der Waals surface area (Å²) in [5.74, 6) is -0.462. The molecule has 0 aliphatic rings. The van der Waals surface area contributed by atoms with Crippen LogP contribution in [0, 0.1) is 0 Å². The van der Waals surface area contributed by atoms with Gasteiger partial charge in [-0.05, 0) is 18.2 Å². The number of nitrogens with zero attached hydrogens (tertiary/aromatic N) is 2. The first-order chi connectivity index (χ1) is 10.3. The fraction of sp³-hybridized carbons (Fsp3) is 0. The van der Waals surface area contributed by atoms with E-state index in [9.17, 15) is 9.59 Å². The molecule has 2 N–H and O–H groups in total. The van der Waals surface area contributed by atoms with Gasteiger partial charge >= 0.3 is 0 Å². The van der Waals surface area contributed by atoms with E-state index in [2.05, 4.69) is 15.4 Å². The summed E-state index contributed by atoms with van der Waals surface area (Å²) < 4.78 is 1.64. The number of carbonyl (C=O) groups is 1. The lowest BCUT2D eigenvalue weighted by Crippen LogP contribution is -2.21. The quantitative estimate of drug-likeness (QED) is 0.768. The van der Waals surface area contributed by atoms with Gasteiger partial charge in [-0.3, -0.25) is 9.59 Å². The van der Waals surface area contributed by atoms with Crippen molar-refractivity contribution in [3.8, 4) is 5.69 Å². The Labute approximate surface area is 120 Å². The molecule has 2 aromatic heterocycles. The Kier molecular flexibility index (Phi) is 3.34. The lowest BCUT2D eigenvalue weighted by Gasteiger charge is -2.10. The molecule has 1 amide bonds. The Morgan fingerprint density at radius 1 is 1.19 bits per heavy atom. The van der Waals surface area contributed by atoms with E-state index in [-0.39, 0.29) is 11.0 Å². The molecule has 0 radical (unpaired) electrons. The van der Waals surface area contributed by atoms with Crippen molar-refractivity contribution in [1.29, 1.82) is 0 Å². The number of hydrogen-bond donors (Lipinski definition) is 2. The second kappa shape index (κ2) is 5.46. The van der Waals surface area contributed by atoms with Crippen LogP contribution in [0.25, 0.3) is 5.69 Å². The molecule has 6 nitrogen and oxygen atoms in total. The van der Waals surface area contributed by atoms with Gasteiger partial charge in [-0.2, -0.15) is 5.10 Å². The smallest absolute Gasteiger partial charge is 0.261 e. The zero-order valence-corrected chi connectivity index (χ0v) is 11.0. The van der Waals surface area contributed by atoms with Crippen LogP contribution in [0.3, 0.4) is 0 Å². The average molecular weight is 280 g/mol. The lowest BCUT2D eigenvalue weighted by atomic mass is 10.2. The number of carbonyl (C=O) groups excluding carboxylic acids is 1. The summed E-state index contributed by atoms with van der Waals surface area (Å²) in [7, 11) is 0. The number of pyridine rings is 1. The third-order valence-electron chi connectivity index (χ3n) is 2.97. The van der Waals surface area contributed by atoms with Crippen LogP contribution in [-0.2, 0) is 0 Å². The molecule has 0 saturated carbocycles. The van der Waals surface area contributed by atoms with Gasteiger partial charge in [0.1, 0.15) is 5.56 Å². The number of anilines is 1. The number of rotatable bonds is 3. The predicted octanol–water partition coefficient (Wildman–Crippen LogP) is 1.81. The molecule has 0 spiro atoms. The van der Waals surface area contributed by atoms with Crippen molar-refractivity contribution in [3.05, 3.63) is 77.0 Å². The van der Waals surface area contributed by atoms with Crippen LogP contribution >= 0.6 is 0 Å². The highest BCUT2D eigenvalue weighted by molar-refractivity contribution is 6.04. The van der Waals surface area contributed by atoms with E-state index in [1.165, 1.54) is 18.5 Å². The SMILES string of the molecule is O=C(Nc1ccccc1-n1cccn1)c1c[nH]ccc1=O. The largest absolute Gasteiger partial charge is 0.367 e. The van der Waals surface area contributed by atoms with E-state index in [0.29, 0.717) is 5.69 Å². The van der Waals surface area contributed by atoms with E-state index in [1.807, 2.05) is 12.1 Å². The van der Waals surface area contributed by atoms with Crippen molar-refractivity contribution in [2.24, 2.45) is 0 Å². The van der Waals surface area contributed by atoms with E-state index >= 15 is 0 Å². The van der Waals surface area contributed by atoms with Gasteiger partial charge in [0.2, 0.25) is 0 Å². The summed E-state index contributed by atoms with van der Waals surface area (Å²) >= 11 is 0. The highest BCUT2D eigenvalue weighted by Crippen LogP contribution is 2.19. The van der Waals surface area contributed by atoms with E-state index in [4.69, 9.17) is 0 Å². The summed E-state index contributed by atoms with van der Waals surface area (Å²) in [6.07, 6.45) is 6.30. The summed E-state index contributed by atoms with van der Waals surface area (Å²) in [5, 5.41) is 6.88. The molecule has 6 heteroatoms. The van der Waals surface area contributed by atoms with Crippen LogP contribution in [0.15, 0.2) is 66.0 Å². The normalized spacial score (nSPS) is 10.3. The zero-order valence-electron chi connectivity index (χ0n) is 11.0. The molecule has 2 heterocycles. The van der Waals surface area contributed by atoms with Crippen molar-refractivity contribution in [3.63, 3.8) is 0 Å². The van der Waals surface area contributed by atoms with Gasteiger partial charge in [0.25, 0.3) is 5.91 Å². The second-order valence-electron chi connectivity index (χ2n) is 4.34. The molecular weight excluding hydrogens is 268 g/mol. The number of amides is 1. The molecule has 0 unspecified atom stereocenters. The van der Waals surface area contributed by atoms with Crippen LogP contribution in [0.4, 0.5) is 5.69 Å². The summed E-state index contributed by atoms with van der Waals surface area (Å²) in [5.41, 5.74) is 1.04. The second-order valence-corrected chi connectivity index (χ2v) is 4.34. The Hall–Kier alpha value is -3.15. The maximum Gasteiger partial charge on any atom is 0.261 e. The number of aromatic nitrogens is 3. The number of hydrogen-bond acceptors (Lipinski definition) is 3. The maximum atomic E-state index is 12.2. The van der Waals surface area contributed by atoms with Gasteiger partial charge < -0.3 is 10.3 Å². The van der Waals surface area contributed by atoms with Gasteiger partial charge in [-0.25, -0.2) is 4.68 Å². The predicted molar refractivity (Wildman–Crippen MR) is 78.6 cm³/mol. The number of aromatic amines is 1. The van der Waals surface area contributed by atoms with Crippen molar-refractivity contribution in [2.75, 3.05) is 5.32 Å². The topological polar surface area (TPSA) is 79.8 Å². The molecule has 0 atom stereocenters. The fourth-order valence-electron chi connectivity index (χ4n) is 1.97. The molecule has 0 aliphatic carbocycles. The van der Waals surface area contributed by atoms with Crippen molar-refractivity contribution >= 4 is 11.6 Å². The minimum absolute atomic E-state index is 0.0627. The molecule has 1 aromatic carbocycles. The number of nitrogens with one attached hydrogen (secondary N) is 2. The summed E-state index contributed by atoms with van der Waals surface area (Å²) in [6.45, 7) is 0. The molecule has 0 fully saturated rings. The van der Waals surface area contributed by atoms with Crippen molar-refractivity contribution in [2.45, 2.75) is 0 Å². The molecule has 104 valence electrons. The molecule has 0 aliphatic heterocycles. The van der Waals surface area contributed by atoms with Gasteiger partial charge in [0.15, 0.2) is 5.43 Å². The highest BCUT2D eigenvalue weighted by Gasteiger charge is 2.12. The Morgan fingerprint density at radius 2 is 2.05 bits per heavy atom. The minimum Gasteiger partial charge on any atom is -0.367 e. The standard InChI is InChI=1S/C15H12N4O2/c20-14-6-8-16-10-11(14)15(21)18-12-4-1-2-5-13(12)19-9-3-7-17-19/h1-10H,(H,16,20)(H,18,21). The third-order valence-corrected chi connectivity index (χ3v) is 2.97. The maximum absolute atomic E-state index is 12.2. The number of benzene rings is 1. The van der Waals surface area contributed by atoms with E-state index in [0.717, 1.165) is 5.69 Å². The van der Waals surface area contributed by atoms with Gasteiger partial charge in [0, 0.05) is 30.9 Å². The van der Waals surface area contributed by atoms with Gasteiger partial charge in [0.05, 0.1) is 11.4 Å². The van der Waals surface area contributed by atoms with E-state index < -0.39 is 5.91 Å². The molecule has 21 heavy (non-hydrogen) atoms. The summed E-state index contributed by atoms with van der Waals surface area (Å²) in [6, 6.07) is 10.3. The van der Waals surface area contributed by atoms with Gasteiger partial charge in [-0.1, -0.05) is 12.1 Å². The van der Waals surface area contributed by atoms with Crippen LogP contribution in [-0.4, -0.2) is 20.7 Å². The molecule has 0 saturated heterocycles. The third kappa shape index (κ3) is 2.59. The fourth-order valence-corrected chi connectivity index (χ4v) is 1.97. The zero-order chi connectivity index (χ0) is 14.7. The highest BCUT2D eigenvalue weighted by atomic mass is 16.2. The monoisotopic (exact) mass is 280 g/mol. The van der Waals surface area contributed by atoms with Crippen LogP contribution in [0.2, 0.25) is 0 Å². The van der Waals surface area contributed by atoms with Crippen LogP contribution in [0.1, 0.15) is 10.4 Å². The molecule has 0 bridgehead atoms. The Balaban J connectivity index is 1.95. The number of H-pyrrole nitrogens is 1. The van der Waals surface area contributed by atoms with Crippen molar-refractivity contribution in [1.82, 2.24) is 14.8 Å². The van der Waals surface area contributed by atoms with Crippen LogP contribution in [0.5, 0.6) is 0 Å². The first-order valence-corrected chi connectivity index (χ1v) is 6.33. The molecule has 3 rings (SSSR count). The molecule has 3 aromatic rings. The molecular formula is C15H12N4O2. The van der Waals surface area contributed by atoms with Gasteiger partial charge in [-0.15, -0.1) is 0 Å². The Bertz CT molecular complexity index is 821. The first-order valence-electron chi connectivity index (χ1n) is 6.33. The summed E-state index contributed by atoms with van der Waals surface area (Å²) in [4.78, 5) is 26.6. The Morgan fingerprint density at radius 3 is 2.81 bits per heavy atom.